The first kappa shape index (κ1) is 12.9. The molecule has 13 heavy (non-hydrogen) atoms. The van der Waals surface area contributed by atoms with Gasteiger partial charge in [-0.1, -0.05) is 13.8 Å². The van der Waals surface area contributed by atoms with Gasteiger partial charge in [0.2, 0.25) is 0 Å². The van der Waals surface area contributed by atoms with Gasteiger partial charge in [-0.2, -0.15) is 0 Å². The maximum Gasteiger partial charge on any atom is 0.0766 e. The first-order valence-electron chi connectivity index (χ1n) is 5.02. The highest BCUT2D eigenvalue weighted by Crippen LogP contribution is 2.12. The number of nitrogens with one attached hydrogen (secondary N) is 1. The molecule has 1 unspecified atom stereocenters. The summed E-state index contributed by atoms with van der Waals surface area (Å²) < 4.78 is 4.99. The minimum absolute atomic E-state index is 0.301. The molecule has 0 aromatic heterocycles. The molecule has 0 saturated heterocycles. The number of rotatable bonds is 7. The zero-order valence-electron chi connectivity index (χ0n) is 9.26. The second-order valence-electron chi connectivity index (χ2n) is 3.67. The van der Waals surface area contributed by atoms with E-state index in [9.17, 15) is 5.11 Å². The SMILES string of the molecule is CCC(O)(CC)CNC(C)COC. The van der Waals surface area contributed by atoms with Gasteiger partial charge in [-0.05, 0) is 19.8 Å². The van der Waals surface area contributed by atoms with Crippen molar-refractivity contribution in [3.8, 4) is 0 Å². The van der Waals surface area contributed by atoms with Gasteiger partial charge in [-0.15, -0.1) is 0 Å². The van der Waals surface area contributed by atoms with Crippen LogP contribution in [-0.4, -0.2) is 37.0 Å². The number of hydrogen-bond acceptors (Lipinski definition) is 3. The molecule has 0 bridgehead atoms. The Morgan fingerprint density at radius 2 is 1.92 bits per heavy atom. The van der Waals surface area contributed by atoms with Gasteiger partial charge in [0.1, 0.15) is 0 Å². The lowest BCUT2D eigenvalue weighted by Crippen LogP contribution is -2.44. The van der Waals surface area contributed by atoms with Crippen LogP contribution in [0.1, 0.15) is 33.6 Å². The average Bonchev–Trinajstić information content (AvgIpc) is 2.15. The van der Waals surface area contributed by atoms with Crippen LogP contribution in [0, 0.1) is 0 Å². The summed E-state index contributed by atoms with van der Waals surface area (Å²) in [7, 11) is 1.68. The average molecular weight is 189 g/mol. The number of aliphatic hydroxyl groups is 1. The molecule has 2 N–H and O–H groups in total. The van der Waals surface area contributed by atoms with E-state index in [1.807, 2.05) is 13.8 Å². The topological polar surface area (TPSA) is 41.5 Å². The molecule has 0 amide bonds. The van der Waals surface area contributed by atoms with Gasteiger partial charge >= 0.3 is 0 Å². The van der Waals surface area contributed by atoms with Gasteiger partial charge in [-0.25, -0.2) is 0 Å². The van der Waals surface area contributed by atoms with Crippen molar-refractivity contribution in [1.29, 1.82) is 0 Å². The van der Waals surface area contributed by atoms with Crippen LogP contribution in [0.4, 0.5) is 0 Å². The van der Waals surface area contributed by atoms with Gasteiger partial charge in [0.15, 0.2) is 0 Å². The molecule has 0 fully saturated rings. The largest absolute Gasteiger partial charge is 0.389 e. The van der Waals surface area contributed by atoms with Gasteiger partial charge in [-0.3, -0.25) is 0 Å². The molecule has 0 aliphatic carbocycles. The molecule has 3 nitrogen and oxygen atoms in total. The van der Waals surface area contributed by atoms with Crippen LogP contribution < -0.4 is 5.32 Å². The van der Waals surface area contributed by atoms with Crippen LogP contribution >= 0.6 is 0 Å². The third-order valence-electron chi connectivity index (χ3n) is 2.51. The van der Waals surface area contributed by atoms with Crippen LogP contribution in [0.2, 0.25) is 0 Å². The maximum absolute atomic E-state index is 9.94. The molecule has 0 aromatic rings. The van der Waals surface area contributed by atoms with Crippen molar-refractivity contribution in [2.45, 2.75) is 45.3 Å². The van der Waals surface area contributed by atoms with Crippen LogP contribution in [0.25, 0.3) is 0 Å². The summed E-state index contributed by atoms with van der Waals surface area (Å²) in [6.07, 6.45) is 1.58. The molecule has 0 radical (unpaired) electrons. The van der Waals surface area contributed by atoms with Gasteiger partial charge in [0.05, 0.1) is 12.2 Å². The Hall–Kier alpha value is -0.120. The Labute approximate surface area is 81.5 Å². The molecule has 0 aliphatic heterocycles. The summed E-state index contributed by atoms with van der Waals surface area (Å²) in [5, 5.41) is 13.2. The molecule has 80 valence electrons. The molecule has 0 aromatic carbocycles. The highest BCUT2D eigenvalue weighted by Gasteiger charge is 2.22. The lowest BCUT2D eigenvalue weighted by Gasteiger charge is -2.27. The molecule has 0 rings (SSSR count). The Morgan fingerprint density at radius 3 is 2.31 bits per heavy atom. The summed E-state index contributed by atoms with van der Waals surface area (Å²) in [5.41, 5.74) is -0.554. The highest BCUT2D eigenvalue weighted by atomic mass is 16.5. The van der Waals surface area contributed by atoms with Crippen LogP contribution in [-0.2, 0) is 4.74 Å². The van der Waals surface area contributed by atoms with Crippen molar-refractivity contribution in [3.05, 3.63) is 0 Å². The lowest BCUT2D eigenvalue weighted by atomic mass is 9.97. The fourth-order valence-corrected chi connectivity index (χ4v) is 1.17. The van der Waals surface area contributed by atoms with E-state index in [1.165, 1.54) is 0 Å². The zero-order valence-corrected chi connectivity index (χ0v) is 9.26. The van der Waals surface area contributed by atoms with Crippen molar-refractivity contribution >= 4 is 0 Å². The first-order valence-corrected chi connectivity index (χ1v) is 5.02. The summed E-state index contributed by atoms with van der Waals surface area (Å²) >= 11 is 0. The Kier molecular flexibility index (Phi) is 6.29. The third kappa shape index (κ3) is 5.24. The molecule has 1 atom stereocenters. The van der Waals surface area contributed by atoms with Gasteiger partial charge < -0.3 is 15.2 Å². The van der Waals surface area contributed by atoms with Gasteiger partial charge in [0, 0.05) is 19.7 Å². The normalized spacial score (nSPS) is 14.5. The minimum Gasteiger partial charge on any atom is -0.389 e. The summed E-state index contributed by atoms with van der Waals surface area (Å²) in [4.78, 5) is 0. The molecule has 0 aliphatic rings. The number of hydrogen-bond donors (Lipinski definition) is 2. The smallest absolute Gasteiger partial charge is 0.0766 e. The second-order valence-corrected chi connectivity index (χ2v) is 3.67. The van der Waals surface area contributed by atoms with Crippen molar-refractivity contribution in [2.24, 2.45) is 0 Å². The van der Waals surface area contributed by atoms with Crippen LogP contribution in [0.3, 0.4) is 0 Å². The Bertz CT molecular complexity index is 124. The van der Waals surface area contributed by atoms with E-state index in [-0.39, 0.29) is 0 Å². The van der Waals surface area contributed by atoms with Crippen molar-refractivity contribution in [3.63, 3.8) is 0 Å². The standard InChI is InChI=1S/C10H23NO2/c1-5-10(12,6-2)8-11-9(3)7-13-4/h9,11-12H,5-8H2,1-4H3. The first-order chi connectivity index (χ1) is 6.08. The van der Waals surface area contributed by atoms with Crippen LogP contribution in [0.5, 0.6) is 0 Å². The zero-order chi connectivity index (χ0) is 10.3. The van der Waals surface area contributed by atoms with Crippen molar-refractivity contribution in [2.75, 3.05) is 20.3 Å². The van der Waals surface area contributed by atoms with Gasteiger partial charge in [0.25, 0.3) is 0 Å². The summed E-state index contributed by atoms with van der Waals surface area (Å²) in [6, 6.07) is 0.301. The molecule has 3 heteroatoms. The Balaban J connectivity index is 3.71. The van der Waals surface area contributed by atoms with E-state index in [0.717, 1.165) is 12.8 Å². The predicted molar refractivity (Wildman–Crippen MR) is 54.9 cm³/mol. The molecule has 0 spiro atoms. The van der Waals surface area contributed by atoms with E-state index >= 15 is 0 Å². The maximum atomic E-state index is 9.94. The fraction of sp³-hybridized carbons (Fsp3) is 1.00. The van der Waals surface area contributed by atoms with E-state index in [2.05, 4.69) is 12.2 Å². The molecular formula is C10H23NO2. The fourth-order valence-electron chi connectivity index (χ4n) is 1.17. The Morgan fingerprint density at radius 1 is 1.38 bits per heavy atom. The summed E-state index contributed by atoms with van der Waals surface area (Å²) in [5.74, 6) is 0. The summed E-state index contributed by atoms with van der Waals surface area (Å²) in [6.45, 7) is 7.39. The van der Waals surface area contributed by atoms with E-state index in [1.54, 1.807) is 7.11 Å². The van der Waals surface area contributed by atoms with E-state index < -0.39 is 5.60 Å². The molecular weight excluding hydrogens is 166 g/mol. The number of ether oxygens (including phenoxy) is 1. The third-order valence-corrected chi connectivity index (χ3v) is 2.51. The molecule has 0 saturated carbocycles. The van der Waals surface area contributed by atoms with Crippen molar-refractivity contribution < 1.29 is 9.84 Å². The van der Waals surface area contributed by atoms with E-state index in [0.29, 0.717) is 19.2 Å². The predicted octanol–water partition coefficient (Wildman–Crippen LogP) is 1.16. The minimum atomic E-state index is -0.554. The van der Waals surface area contributed by atoms with Crippen molar-refractivity contribution in [1.82, 2.24) is 5.32 Å². The second kappa shape index (κ2) is 6.35. The van der Waals surface area contributed by atoms with E-state index in [4.69, 9.17) is 4.74 Å². The quantitative estimate of drug-likeness (QED) is 0.631. The van der Waals surface area contributed by atoms with Crippen LogP contribution in [0.15, 0.2) is 0 Å². The monoisotopic (exact) mass is 189 g/mol. The lowest BCUT2D eigenvalue weighted by molar-refractivity contribution is 0.0273. The highest BCUT2D eigenvalue weighted by molar-refractivity contribution is 4.79. The number of methoxy groups -OCH3 is 1. The molecule has 0 heterocycles.